The molecule has 0 unspecified atom stereocenters. The Morgan fingerprint density at radius 3 is 2.79 bits per heavy atom. The van der Waals surface area contributed by atoms with Gasteiger partial charge in [-0.1, -0.05) is 6.92 Å². The van der Waals surface area contributed by atoms with Crippen LogP contribution in [-0.2, 0) is 6.42 Å². The van der Waals surface area contributed by atoms with E-state index in [1.165, 1.54) is 11.3 Å². The SMILES string of the molecule is CCc1nc2sc(C(=O)NC(C)C)c(N)c2cc1C. The third-order valence-corrected chi connectivity index (χ3v) is 4.09. The van der Waals surface area contributed by atoms with Crippen LogP contribution < -0.4 is 11.1 Å². The lowest BCUT2D eigenvalue weighted by Crippen LogP contribution is -2.29. The molecule has 0 atom stereocenters. The van der Waals surface area contributed by atoms with Crippen LogP contribution in [0.2, 0.25) is 0 Å². The highest BCUT2D eigenvalue weighted by atomic mass is 32.1. The van der Waals surface area contributed by atoms with Crippen molar-refractivity contribution in [1.82, 2.24) is 10.3 Å². The van der Waals surface area contributed by atoms with Gasteiger partial charge in [-0.2, -0.15) is 0 Å². The second kappa shape index (κ2) is 5.17. The van der Waals surface area contributed by atoms with Crippen molar-refractivity contribution in [3.8, 4) is 0 Å². The summed E-state index contributed by atoms with van der Waals surface area (Å²) in [5.41, 5.74) is 8.80. The second-order valence-corrected chi connectivity index (χ2v) is 5.93. The molecule has 2 aromatic heterocycles. The molecule has 0 radical (unpaired) electrons. The third-order valence-electron chi connectivity index (χ3n) is 2.98. The number of anilines is 1. The zero-order valence-corrected chi connectivity index (χ0v) is 12.5. The van der Waals surface area contributed by atoms with Crippen molar-refractivity contribution >= 4 is 33.1 Å². The largest absolute Gasteiger partial charge is 0.397 e. The maximum absolute atomic E-state index is 12.1. The first-order valence-corrected chi connectivity index (χ1v) is 7.25. The molecule has 0 saturated carbocycles. The summed E-state index contributed by atoms with van der Waals surface area (Å²) in [6.07, 6.45) is 0.882. The van der Waals surface area contributed by atoms with Gasteiger partial charge in [-0.15, -0.1) is 11.3 Å². The molecule has 0 aliphatic rings. The van der Waals surface area contributed by atoms with Crippen LogP contribution in [0.5, 0.6) is 0 Å². The average molecular weight is 277 g/mol. The molecule has 2 heterocycles. The summed E-state index contributed by atoms with van der Waals surface area (Å²) in [6.45, 7) is 7.96. The topological polar surface area (TPSA) is 68.0 Å². The second-order valence-electron chi connectivity index (χ2n) is 4.93. The van der Waals surface area contributed by atoms with E-state index < -0.39 is 0 Å². The molecule has 0 fully saturated rings. The maximum atomic E-state index is 12.1. The number of rotatable bonds is 3. The standard InChI is InChI=1S/C14H19N3OS/c1-5-10-8(4)6-9-11(15)12(19-14(9)17-10)13(18)16-7(2)3/h6-7H,5,15H2,1-4H3,(H,16,18). The number of nitrogens with one attached hydrogen (secondary N) is 1. The number of nitrogen functional groups attached to an aromatic ring is 1. The van der Waals surface area contributed by atoms with Gasteiger partial charge in [-0.3, -0.25) is 4.79 Å². The highest BCUT2D eigenvalue weighted by Gasteiger charge is 2.18. The minimum Gasteiger partial charge on any atom is -0.397 e. The Morgan fingerprint density at radius 1 is 1.53 bits per heavy atom. The Balaban J connectivity index is 2.53. The Bertz CT molecular complexity index is 631. The summed E-state index contributed by atoms with van der Waals surface area (Å²) < 4.78 is 0. The van der Waals surface area contributed by atoms with Crippen LogP contribution in [0, 0.1) is 6.92 Å². The molecule has 1 amide bonds. The smallest absolute Gasteiger partial charge is 0.263 e. The van der Waals surface area contributed by atoms with Gasteiger partial charge in [0, 0.05) is 17.1 Å². The number of aryl methyl sites for hydroxylation is 2. The Morgan fingerprint density at radius 2 is 2.21 bits per heavy atom. The molecule has 0 aliphatic heterocycles. The molecule has 19 heavy (non-hydrogen) atoms. The lowest BCUT2D eigenvalue weighted by atomic mass is 10.1. The Hall–Kier alpha value is -1.62. The van der Waals surface area contributed by atoms with E-state index in [-0.39, 0.29) is 11.9 Å². The summed E-state index contributed by atoms with van der Waals surface area (Å²) in [6, 6.07) is 2.12. The molecule has 0 spiro atoms. The zero-order valence-electron chi connectivity index (χ0n) is 11.7. The van der Waals surface area contributed by atoms with Gasteiger partial charge in [-0.25, -0.2) is 4.98 Å². The summed E-state index contributed by atoms with van der Waals surface area (Å²) >= 11 is 1.36. The predicted molar refractivity (Wildman–Crippen MR) is 80.7 cm³/mol. The maximum Gasteiger partial charge on any atom is 0.263 e. The molecule has 102 valence electrons. The van der Waals surface area contributed by atoms with E-state index in [2.05, 4.69) is 17.2 Å². The number of carbonyl (C=O) groups excluding carboxylic acids is 1. The first kappa shape index (κ1) is 13.8. The lowest BCUT2D eigenvalue weighted by molar-refractivity contribution is 0.0948. The number of fused-ring (bicyclic) bond motifs is 1. The molecule has 3 N–H and O–H groups in total. The molecule has 0 bridgehead atoms. The molecule has 0 saturated heterocycles. The van der Waals surface area contributed by atoms with Crippen LogP contribution in [0.3, 0.4) is 0 Å². The Kier molecular flexibility index (Phi) is 3.75. The normalized spacial score (nSPS) is 11.2. The van der Waals surface area contributed by atoms with E-state index >= 15 is 0 Å². The number of pyridine rings is 1. The van der Waals surface area contributed by atoms with Crippen molar-refractivity contribution in [2.75, 3.05) is 5.73 Å². The molecule has 4 nitrogen and oxygen atoms in total. The van der Waals surface area contributed by atoms with E-state index in [1.54, 1.807) is 0 Å². The van der Waals surface area contributed by atoms with Crippen molar-refractivity contribution in [3.63, 3.8) is 0 Å². The van der Waals surface area contributed by atoms with Crippen LogP contribution in [-0.4, -0.2) is 16.9 Å². The van der Waals surface area contributed by atoms with Gasteiger partial charge >= 0.3 is 0 Å². The van der Waals surface area contributed by atoms with Gasteiger partial charge < -0.3 is 11.1 Å². The monoisotopic (exact) mass is 277 g/mol. The minimum absolute atomic E-state index is 0.0954. The summed E-state index contributed by atoms with van der Waals surface area (Å²) in [5.74, 6) is -0.119. The van der Waals surface area contributed by atoms with Gasteiger partial charge in [0.1, 0.15) is 9.71 Å². The molecule has 2 aromatic rings. The highest BCUT2D eigenvalue weighted by molar-refractivity contribution is 7.21. The van der Waals surface area contributed by atoms with Crippen LogP contribution in [0.25, 0.3) is 10.2 Å². The number of carbonyl (C=O) groups is 1. The molecule has 0 aliphatic carbocycles. The van der Waals surface area contributed by atoms with Crippen molar-refractivity contribution < 1.29 is 4.79 Å². The average Bonchev–Trinajstić information content (AvgIpc) is 2.65. The quantitative estimate of drug-likeness (QED) is 0.906. The summed E-state index contributed by atoms with van der Waals surface area (Å²) in [7, 11) is 0. The number of hydrogen-bond acceptors (Lipinski definition) is 4. The van der Waals surface area contributed by atoms with Crippen LogP contribution in [0.15, 0.2) is 6.07 Å². The molecular formula is C14H19N3OS. The van der Waals surface area contributed by atoms with Gasteiger partial charge in [0.15, 0.2) is 0 Å². The van der Waals surface area contributed by atoms with Crippen molar-refractivity contribution in [2.45, 2.75) is 40.2 Å². The molecule has 5 heteroatoms. The lowest BCUT2D eigenvalue weighted by Gasteiger charge is -2.06. The number of nitrogens with zero attached hydrogens (tertiary/aromatic N) is 1. The third kappa shape index (κ3) is 2.56. The van der Waals surface area contributed by atoms with Crippen molar-refractivity contribution in [1.29, 1.82) is 0 Å². The number of thiophene rings is 1. The predicted octanol–water partition coefficient (Wildman–Crippen LogP) is 2.89. The summed E-state index contributed by atoms with van der Waals surface area (Å²) in [4.78, 5) is 18.1. The number of nitrogens with two attached hydrogens (primary N) is 1. The van der Waals surface area contributed by atoms with E-state index in [4.69, 9.17) is 5.73 Å². The van der Waals surface area contributed by atoms with Gasteiger partial charge in [0.2, 0.25) is 0 Å². The van der Waals surface area contributed by atoms with Crippen molar-refractivity contribution in [3.05, 3.63) is 22.2 Å². The van der Waals surface area contributed by atoms with Crippen LogP contribution in [0.1, 0.15) is 41.7 Å². The van der Waals surface area contributed by atoms with E-state index in [0.717, 1.165) is 27.9 Å². The van der Waals surface area contributed by atoms with Gasteiger partial charge in [-0.05, 0) is 38.8 Å². The fraction of sp³-hybridized carbons (Fsp3) is 0.429. The number of amides is 1. The number of hydrogen-bond donors (Lipinski definition) is 2. The Labute approximate surface area is 117 Å². The van der Waals surface area contributed by atoms with Crippen LogP contribution in [0.4, 0.5) is 5.69 Å². The molecule has 0 aromatic carbocycles. The van der Waals surface area contributed by atoms with Crippen LogP contribution >= 0.6 is 11.3 Å². The van der Waals surface area contributed by atoms with E-state index in [9.17, 15) is 4.79 Å². The molecule has 2 rings (SSSR count). The van der Waals surface area contributed by atoms with Crippen molar-refractivity contribution in [2.24, 2.45) is 0 Å². The number of aromatic nitrogens is 1. The van der Waals surface area contributed by atoms with E-state index in [1.807, 2.05) is 26.8 Å². The van der Waals surface area contributed by atoms with Gasteiger partial charge in [0.25, 0.3) is 5.91 Å². The highest BCUT2D eigenvalue weighted by Crippen LogP contribution is 2.33. The first-order valence-electron chi connectivity index (χ1n) is 6.43. The fourth-order valence-electron chi connectivity index (χ4n) is 2.03. The first-order chi connectivity index (χ1) is 8.93. The minimum atomic E-state index is -0.119. The summed E-state index contributed by atoms with van der Waals surface area (Å²) in [5, 5.41) is 3.75. The van der Waals surface area contributed by atoms with E-state index in [0.29, 0.717) is 10.6 Å². The fourth-order valence-corrected chi connectivity index (χ4v) is 3.03. The zero-order chi connectivity index (χ0) is 14.2. The van der Waals surface area contributed by atoms with Gasteiger partial charge in [0.05, 0.1) is 5.69 Å². The molecular weight excluding hydrogens is 258 g/mol.